The lowest BCUT2D eigenvalue weighted by Crippen LogP contribution is -2.24. The topological polar surface area (TPSA) is 110 Å². The highest BCUT2D eigenvalue weighted by Gasteiger charge is 2.35. The van der Waals surface area contributed by atoms with Crippen molar-refractivity contribution in [2.24, 2.45) is 0 Å². The molecule has 3 heterocycles. The highest BCUT2D eigenvalue weighted by atomic mass is 16.5. The van der Waals surface area contributed by atoms with E-state index in [1.807, 2.05) is 6.07 Å². The van der Waals surface area contributed by atoms with Gasteiger partial charge in [0.25, 0.3) is 5.91 Å². The number of amides is 1. The molecule has 1 fully saturated rings. The fourth-order valence-electron chi connectivity index (χ4n) is 3.12. The zero-order chi connectivity index (χ0) is 18.1. The van der Waals surface area contributed by atoms with Crippen LogP contribution in [0.4, 0.5) is 5.82 Å². The molecule has 1 saturated heterocycles. The van der Waals surface area contributed by atoms with Gasteiger partial charge in [0.1, 0.15) is 30.1 Å². The van der Waals surface area contributed by atoms with E-state index in [2.05, 4.69) is 15.3 Å². The Morgan fingerprint density at radius 2 is 2.08 bits per heavy atom. The molecule has 0 spiro atoms. The summed E-state index contributed by atoms with van der Waals surface area (Å²) in [5, 5.41) is 22.7. The van der Waals surface area contributed by atoms with Crippen molar-refractivity contribution in [1.82, 2.24) is 14.5 Å². The summed E-state index contributed by atoms with van der Waals surface area (Å²) in [6, 6.07) is 10.7. The first kappa shape index (κ1) is 16.6. The van der Waals surface area contributed by atoms with E-state index in [-0.39, 0.29) is 12.5 Å². The summed E-state index contributed by atoms with van der Waals surface area (Å²) in [6.45, 7) is -0.246. The number of aliphatic hydroxyl groups is 2. The zero-order valence-electron chi connectivity index (χ0n) is 13.8. The molecule has 1 aliphatic rings. The second-order valence-electron chi connectivity index (χ2n) is 6.12. The molecular weight excluding hydrogens is 336 g/mol. The van der Waals surface area contributed by atoms with Crippen LogP contribution < -0.4 is 5.32 Å². The minimum atomic E-state index is -0.735. The van der Waals surface area contributed by atoms with Crippen LogP contribution in [0.25, 0.3) is 11.0 Å². The third-order valence-electron chi connectivity index (χ3n) is 4.47. The largest absolute Gasteiger partial charge is 0.394 e. The van der Waals surface area contributed by atoms with E-state index in [0.29, 0.717) is 28.8 Å². The van der Waals surface area contributed by atoms with Gasteiger partial charge in [0.2, 0.25) is 0 Å². The molecule has 26 heavy (non-hydrogen) atoms. The molecule has 0 saturated carbocycles. The summed E-state index contributed by atoms with van der Waals surface area (Å²) in [6.07, 6.45) is 1.71. The molecule has 3 N–H and O–H groups in total. The molecule has 1 aromatic carbocycles. The molecule has 8 heteroatoms. The predicted molar refractivity (Wildman–Crippen MR) is 93.5 cm³/mol. The fraction of sp³-hybridized carbons (Fsp3) is 0.278. The van der Waals surface area contributed by atoms with Crippen LogP contribution in [0.2, 0.25) is 0 Å². The van der Waals surface area contributed by atoms with Crippen molar-refractivity contribution in [2.75, 3.05) is 11.9 Å². The lowest BCUT2D eigenvalue weighted by atomic mass is 10.2. The number of anilines is 1. The standard InChI is InChI=1S/C18H18N4O4/c23-9-14-13(24)8-15(26-14)22-7-6-12-16(19-10-20-17(12)22)21-18(25)11-4-2-1-3-5-11/h1-7,10,13-15,23-24H,8-9H2,(H,19,20,21,25). The zero-order valence-corrected chi connectivity index (χ0v) is 13.8. The van der Waals surface area contributed by atoms with Gasteiger partial charge in [-0.3, -0.25) is 4.79 Å². The Balaban J connectivity index is 1.63. The molecule has 4 rings (SSSR count). The Bertz CT molecular complexity index is 927. The number of hydrogen-bond donors (Lipinski definition) is 3. The number of fused-ring (bicyclic) bond motifs is 1. The Morgan fingerprint density at radius 1 is 1.27 bits per heavy atom. The first-order valence-corrected chi connectivity index (χ1v) is 8.29. The fourth-order valence-corrected chi connectivity index (χ4v) is 3.12. The monoisotopic (exact) mass is 354 g/mol. The number of carbonyl (C=O) groups is 1. The third-order valence-corrected chi connectivity index (χ3v) is 4.47. The van der Waals surface area contributed by atoms with Crippen LogP contribution in [0.15, 0.2) is 48.9 Å². The maximum absolute atomic E-state index is 12.4. The quantitative estimate of drug-likeness (QED) is 0.652. The Kier molecular flexibility index (Phi) is 4.37. The molecule has 0 aliphatic carbocycles. The van der Waals surface area contributed by atoms with E-state index < -0.39 is 18.4 Å². The molecule has 8 nitrogen and oxygen atoms in total. The van der Waals surface area contributed by atoms with Gasteiger partial charge in [-0.1, -0.05) is 18.2 Å². The van der Waals surface area contributed by atoms with E-state index in [1.165, 1.54) is 6.33 Å². The molecule has 3 unspecified atom stereocenters. The van der Waals surface area contributed by atoms with Crippen molar-refractivity contribution in [3.05, 3.63) is 54.5 Å². The van der Waals surface area contributed by atoms with Crippen LogP contribution in [0.5, 0.6) is 0 Å². The van der Waals surface area contributed by atoms with Crippen molar-refractivity contribution in [2.45, 2.75) is 24.9 Å². The van der Waals surface area contributed by atoms with E-state index in [9.17, 15) is 15.0 Å². The van der Waals surface area contributed by atoms with Gasteiger partial charge in [-0.2, -0.15) is 0 Å². The van der Waals surface area contributed by atoms with Crippen LogP contribution in [0, 0.1) is 0 Å². The van der Waals surface area contributed by atoms with Gasteiger partial charge in [0.15, 0.2) is 0 Å². The van der Waals surface area contributed by atoms with Gasteiger partial charge in [-0.15, -0.1) is 0 Å². The Hall–Kier alpha value is -2.81. The summed E-state index contributed by atoms with van der Waals surface area (Å²) in [4.78, 5) is 20.8. The first-order chi connectivity index (χ1) is 12.7. The minimum Gasteiger partial charge on any atom is -0.394 e. The number of nitrogens with zero attached hydrogens (tertiary/aromatic N) is 3. The normalized spacial score (nSPS) is 22.6. The molecule has 1 amide bonds. The first-order valence-electron chi connectivity index (χ1n) is 8.29. The minimum absolute atomic E-state index is 0.246. The lowest BCUT2D eigenvalue weighted by Gasteiger charge is -2.14. The van der Waals surface area contributed by atoms with Gasteiger partial charge < -0.3 is 24.8 Å². The summed E-state index contributed by atoms with van der Waals surface area (Å²) in [7, 11) is 0. The molecule has 3 atom stereocenters. The van der Waals surface area contributed by atoms with Gasteiger partial charge >= 0.3 is 0 Å². The molecule has 3 aromatic rings. The average Bonchev–Trinajstić information content (AvgIpc) is 3.26. The molecule has 2 aromatic heterocycles. The average molecular weight is 354 g/mol. The smallest absolute Gasteiger partial charge is 0.256 e. The predicted octanol–water partition coefficient (Wildman–Crippen LogP) is 1.32. The van der Waals surface area contributed by atoms with Crippen molar-refractivity contribution in [3.63, 3.8) is 0 Å². The molecular formula is C18H18N4O4. The lowest BCUT2D eigenvalue weighted by molar-refractivity contribution is -0.0430. The van der Waals surface area contributed by atoms with Crippen LogP contribution in [-0.2, 0) is 4.74 Å². The van der Waals surface area contributed by atoms with Gasteiger partial charge in [0.05, 0.1) is 18.1 Å². The number of aliphatic hydroxyl groups excluding tert-OH is 2. The van der Waals surface area contributed by atoms with E-state index in [0.717, 1.165) is 0 Å². The second kappa shape index (κ2) is 6.83. The highest BCUT2D eigenvalue weighted by molar-refractivity contribution is 6.07. The number of nitrogens with one attached hydrogen (secondary N) is 1. The van der Waals surface area contributed by atoms with Crippen molar-refractivity contribution in [1.29, 1.82) is 0 Å². The van der Waals surface area contributed by atoms with Crippen molar-refractivity contribution < 1.29 is 19.7 Å². The molecule has 0 radical (unpaired) electrons. The summed E-state index contributed by atoms with van der Waals surface area (Å²) in [5.41, 5.74) is 1.12. The Morgan fingerprint density at radius 3 is 2.81 bits per heavy atom. The number of rotatable bonds is 4. The van der Waals surface area contributed by atoms with Crippen LogP contribution in [0.1, 0.15) is 23.0 Å². The number of hydrogen-bond acceptors (Lipinski definition) is 6. The van der Waals surface area contributed by atoms with Gasteiger partial charge in [-0.25, -0.2) is 9.97 Å². The van der Waals surface area contributed by atoms with Gasteiger partial charge in [-0.05, 0) is 18.2 Å². The molecule has 0 bridgehead atoms. The number of carbonyl (C=O) groups excluding carboxylic acids is 1. The van der Waals surface area contributed by atoms with Crippen molar-refractivity contribution >= 4 is 22.8 Å². The third kappa shape index (κ3) is 2.94. The summed E-state index contributed by atoms with van der Waals surface area (Å²) in [5.74, 6) is 0.145. The molecule has 1 aliphatic heterocycles. The van der Waals surface area contributed by atoms with Crippen LogP contribution >= 0.6 is 0 Å². The van der Waals surface area contributed by atoms with E-state index in [1.54, 1.807) is 41.1 Å². The highest BCUT2D eigenvalue weighted by Crippen LogP contribution is 2.32. The maximum atomic E-state index is 12.4. The second-order valence-corrected chi connectivity index (χ2v) is 6.12. The summed E-state index contributed by atoms with van der Waals surface area (Å²) >= 11 is 0. The van der Waals surface area contributed by atoms with Gasteiger partial charge in [0, 0.05) is 18.2 Å². The number of aromatic nitrogens is 3. The molecule has 134 valence electrons. The van der Waals surface area contributed by atoms with Crippen LogP contribution in [0.3, 0.4) is 0 Å². The number of ether oxygens (including phenoxy) is 1. The maximum Gasteiger partial charge on any atom is 0.256 e. The van der Waals surface area contributed by atoms with E-state index >= 15 is 0 Å². The van der Waals surface area contributed by atoms with Crippen LogP contribution in [-0.4, -0.2) is 49.5 Å². The SMILES string of the molecule is O=C(Nc1ncnc2c1ccn2C1CC(O)C(CO)O1)c1ccccc1. The van der Waals surface area contributed by atoms with Crippen molar-refractivity contribution in [3.8, 4) is 0 Å². The number of benzene rings is 1. The Labute approximate surface area is 149 Å². The van der Waals surface area contributed by atoms with E-state index in [4.69, 9.17) is 4.74 Å². The summed E-state index contributed by atoms with van der Waals surface area (Å²) < 4.78 is 7.45.